The van der Waals surface area contributed by atoms with Gasteiger partial charge in [0.15, 0.2) is 11.5 Å². The fourth-order valence-electron chi connectivity index (χ4n) is 2.73. The second-order valence-electron chi connectivity index (χ2n) is 6.06. The number of carbonyl (C=O) groups is 1. The highest BCUT2D eigenvalue weighted by Crippen LogP contribution is 2.30. The lowest BCUT2D eigenvalue weighted by molar-refractivity contribution is 0.0752. The van der Waals surface area contributed by atoms with Crippen LogP contribution in [0.25, 0.3) is 0 Å². The number of nitrogens with zero attached hydrogens (tertiary/aromatic N) is 2. The van der Waals surface area contributed by atoms with E-state index in [1.165, 1.54) is 0 Å². The molecule has 2 heterocycles. The Labute approximate surface area is 177 Å². The molecule has 3 rings (SSSR count). The third kappa shape index (κ3) is 5.11. The van der Waals surface area contributed by atoms with E-state index >= 15 is 0 Å². The Morgan fingerprint density at radius 2 is 2.07 bits per heavy atom. The van der Waals surface area contributed by atoms with E-state index in [9.17, 15) is 4.79 Å². The molecule has 0 radical (unpaired) electrons. The Morgan fingerprint density at radius 3 is 2.75 bits per heavy atom. The molecule has 0 saturated heterocycles. The summed E-state index contributed by atoms with van der Waals surface area (Å²) in [5.41, 5.74) is 1.53. The number of carbonyl (C=O) groups excluding carboxylic acids is 1. The van der Waals surface area contributed by atoms with Crippen molar-refractivity contribution in [2.45, 2.75) is 20.1 Å². The van der Waals surface area contributed by atoms with E-state index in [1.54, 1.807) is 41.8 Å². The normalized spacial score (nSPS) is 10.5. The Bertz CT molecular complexity index is 931. The summed E-state index contributed by atoms with van der Waals surface area (Å²) in [6.07, 6.45) is 3.24. The number of hydrogen-bond acceptors (Lipinski definition) is 5. The fraction of sp³-hybridized carbons (Fsp3) is 0.238. The Hall–Kier alpha value is -2.38. The zero-order chi connectivity index (χ0) is 19.9. The first-order chi connectivity index (χ1) is 13.6. The second kappa shape index (κ2) is 9.71. The SMILES string of the molecule is CCN(Cc1ccc(OCc2cccs2)c(OC)c1)C(=O)c1cncc(Br)c1. The van der Waals surface area contributed by atoms with Crippen molar-refractivity contribution in [3.05, 3.63) is 74.6 Å². The topological polar surface area (TPSA) is 51.7 Å². The molecule has 0 fully saturated rings. The molecule has 1 aromatic carbocycles. The van der Waals surface area contributed by atoms with E-state index in [0.717, 1.165) is 14.9 Å². The number of aromatic nitrogens is 1. The van der Waals surface area contributed by atoms with Crippen molar-refractivity contribution in [3.8, 4) is 11.5 Å². The molecule has 3 aromatic rings. The highest BCUT2D eigenvalue weighted by molar-refractivity contribution is 9.10. The Morgan fingerprint density at radius 1 is 1.21 bits per heavy atom. The van der Waals surface area contributed by atoms with Gasteiger partial charge < -0.3 is 14.4 Å². The maximum absolute atomic E-state index is 12.8. The van der Waals surface area contributed by atoms with Crippen molar-refractivity contribution in [2.24, 2.45) is 0 Å². The second-order valence-corrected chi connectivity index (χ2v) is 8.01. The number of thiophene rings is 1. The number of amides is 1. The predicted octanol–water partition coefficient (Wildman–Crippen LogP) is 5.16. The van der Waals surface area contributed by atoms with Crippen molar-refractivity contribution in [1.29, 1.82) is 0 Å². The van der Waals surface area contributed by atoms with Crippen LogP contribution in [0.3, 0.4) is 0 Å². The van der Waals surface area contributed by atoms with Gasteiger partial charge in [-0.1, -0.05) is 12.1 Å². The lowest BCUT2D eigenvalue weighted by Crippen LogP contribution is -2.30. The molecule has 28 heavy (non-hydrogen) atoms. The zero-order valence-corrected chi connectivity index (χ0v) is 18.1. The summed E-state index contributed by atoms with van der Waals surface area (Å²) >= 11 is 5.01. The van der Waals surface area contributed by atoms with Gasteiger partial charge in [-0.3, -0.25) is 9.78 Å². The maximum atomic E-state index is 12.8. The molecule has 0 aliphatic heterocycles. The number of rotatable bonds is 8. The molecule has 146 valence electrons. The zero-order valence-electron chi connectivity index (χ0n) is 15.7. The number of ether oxygens (including phenoxy) is 2. The van der Waals surface area contributed by atoms with Gasteiger partial charge in [-0.25, -0.2) is 0 Å². The minimum absolute atomic E-state index is 0.0618. The lowest BCUT2D eigenvalue weighted by atomic mass is 10.1. The fourth-order valence-corrected chi connectivity index (χ4v) is 3.71. The van der Waals surface area contributed by atoms with Crippen molar-refractivity contribution in [2.75, 3.05) is 13.7 Å². The van der Waals surface area contributed by atoms with Gasteiger partial charge >= 0.3 is 0 Å². The molecule has 7 heteroatoms. The monoisotopic (exact) mass is 460 g/mol. The van der Waals surface area contributed by atoms with Crippen LogP contribution in [-0.2, 0) is 13.2 Å². The summed E-state index contributed by atoms with van der Waals surface area (Å²) in [5, 5.41) is 2.02. The van der Waals surface area contributed by atoms with Crippen molar-refractivity contribution >= 4 is 33.2 Å². The van der Waals surface area contributed by atoms with Crippen LogP contribution in [0.2, 0.25) is 0 Å². The van der Waals surface area contributed by atoms with Crippen LogP contribution in [0.15, 0.2) is 58.6 Å². The molecular formula is C21H21BrN2O3S. The molecule has 0 spiro atoms. The molecule has 0 saturated carbocycles. The van der Waals surface area contributed by atoms with Crippen LogP contribution < -0.4 is 9.47 Å². The highest BCUT2D eigenvalue weighted by Gasteiger charge is 2.16. The Kier molecular flexibility index (Phi) is 7.06. The quantitative estimate of drug-likeness (QED) is 0.465. The number of pyridine rings is 1. The molecule has 0 atom stereocenters. The van der Waals surface area contributed by atoms with Crippen LogP contribution in [0.1, 0.15) is 27.7 Å². The molecule has 0 bridgehead atoms. The molecule has 0 aliphatic carbocycles. The molecule has 0 unspecified atom stereocenters. The van der Waals surface area contributed by atoms with E-state index in [1.807, 2.05) is 42.6 Å². The first-order valence-electron chi connectivity index (χ1n) is 8.82. The summed E-state index contributed by atoms with van der Waals surface area (Å²) in [4.78, 5) is 19.8. The van der Waals surface area contributed by atoms with Gasteiger partial charge in [-0.15, -0.1) is 11.3 Å². The number of halogens is 1. The Balaban J connectivity index is 1.72. The average molecular weight is 461 g/mol. The molecule has 1 amide bonds. The lowest BCUT2D eigenvalue weighted by Gasteiger charge is -2.22. The van der Waals surface area contributed by atoms with E-state index < -0.39 is 0 Å². The van der Waals surface area contributed by atoms with Crippen LogP contribution in [0.4, 0.5) is 0 Å². The van der Waals surface area contributed by atoms with E-state index in [-0.39, 0.29) is 5.91 Å². The van der Waals surface area contributed by atoms with E-state index in [4.69, 9.17) is 9.47 Å². The molecule has 2 aromatic heterocycles. The van der Waals surface area contributed by atoms with Gasteiger partial charge in [-0.2, -0.15) is 0 Å². The van der Waals surface area contributed by atoms with Gasteiger partial charge in [0, 0.05) is 34.8 Å². The number of methoxy groups -OCH3 is 1. The first-order valence-corrected chi connectivity index (χ1v) is 10.5. The van der Waals surface area contributed by atoms with Crippen LogP contribution in [0.5, 0.6) is 11.5 Å². The van der Waals surface area contributed by atoms with Gasteiger partial charge in [0.25, 0.3) is 5.91 Å². The minimum atomic E-state index is -0.0618. The predicted molar refractivity (Wildman–Crippen MR) is 114 cm³/mol. The maximum Gasteiger partial charge on any atom is 0.255 e. The summed E-state index contributed by atoms with van der Waals surface area (Å²) < 4.78 is 12.2. The number of benzene rings is 1. The number of hydrogen-bond donors (Lipinski definition) is 0. The first kappa shape index (κ1) is 20.4. The summed E-state index contributed by atoms with van der Waals surface area (Å²) in [6.45, 7) is 3.52. The van der Waals surface area contributed by atoms with Crippen LogP contribution in [0, 0.1) is 0 Å². The van der Waals surface area contributed by atoms with Gasteiger partial charge in [0.05, 0.1) is 12.7 Å². The summed E-state index contributed by atoms with van der Waals surface area (Å²) in [6, 6.07) is 11.6. The van der Waals surface area contributed by atoms with Crippen LogP contribution in [-0.4, -0.2) is 29.4 Å². The van der Waals surface area contributed by atoms with Crippen molar-refractivity contribution in [1.82, 2.24) is 9.88 Å². The van der Waals surface area contributed by atoms with Gasteiger partial charge in [0.2, 0.25) is 0 Å². The average Bonchev–Trinajstić information content (AvgIpc) is 3.24. The summed E-state index contributed by atoms with van der Waals surface area (Å²) in [7, 11) is 1.62. The largest absolute Gasteiger partial charge is 0.493 e. The third-order valence-electron chi connectivity index (χ3n) is 4.17. The van der Waals surface area contributed by atoms with Gasteiger partial charge in [-0.05, 0) is 58.1 Å². The molecular weight excluding hydrogens is 440 g/mol. The highest BCUT2D eigenvalue weighted by atomic mass is 79.9. The van der Waals surface area contributed by atoms with Crippen molar-refractivity contribution < 1.29 is 14.3 Å². The third-order valence-corrected chi connectivity index (χ3v) is 5.46. The summed E-state index contributed by atoms with van der Waals surface area (Å²) in [5.74, 6) is 1.28. The smallest absolute Gasteiger partial charge is 0.255 e. The van der Waals surface area contributed by atoms with Gasteiger partial charge in [0.1, 0.15) is 6.61 Å². The molecule has 0 N–H and O–H groups in total. The molecule has 5 nitrogen and oxygen atoms in total. The van der Waals surface area contributed by atoms with Crippen LogP contribution >= 0.6 is 27.3 Å². The van der Waals surface area contributed by atoms with Crippen molar-refractivity contribution in [3.63, 3.8) is 0 Å². The molecule has 0 aliphatic rings. The van der Waals surface area contributed by atoms with E-state index in [0.29, 0.717) is 36.8 Å². The standard InChI is InChI=1S/C21H21BrN2O3S/c1-3-24(21(25)16-10-17(22)12-23-11-16)13-15-6-7-19(20(9-15)26-2)27-14-18-5-4-8-28-18/h4-12H,3,13-14H2,1-2H3. The minimum Gasteiger partial charge on any atom is -0.493 e. The van der Waals surface area contributed by atoms with E-state index in [2.05, 4.69) is 20.9 Å².